The van der Waals surface area contributed by atoms with Crippen molar-refractivity contribution in [1.29, 1.82) is 0 Å². The Bertz CT molecular complexity index is 846. The standard InChI is InChI=1S/C16H10N4O/c21-15-12-4-2-1-3-11(12)14-7-10(5-6-13(14)15)20-16-18-8-17-9-19-16/h1-9H,(H,17,18,19,20). The maximum Gasteiger partial charge on any atom is 0.230 e. The lowest BCUT2D eigenvalue weighted by Gasteiger charge is -2.06. The van der Waals surface area contributed by atoms with Gasteiger partial charge in [-0.3, -0.25) is 4.79 Å². The summed E-state index contributed by atoms with van der Waals surface area (Å²) in [6.45, 7) is 0. The van der Waals surface area contributed by atoms with Crippen molar-refractivity contribution in [2.75, 3.05) is 5.32 Å². The molecule has 0 bridgehead atoms. The zero-order valence-corrected chi connectivity index (χ0v) is 10.9. The van der Waals surface area contributed by atoms with Gasteiger partial charge in [-0.15, -0.1) is 0 Å². The van der Waals surface area contributed by atoms with E-state index in [0.29, 0.717) is 5.95 Å². The average molecular weight is 274 g/mol. The lowest BCUT2D eigenvalue weighted by Crippen LogP contribution is -1.98. The van der Waals surface area contributed by atoms with Crippen molar-refractivity contribution >= 4 is 17.4 Å². The number of fused-ring (bicyclic) bond motifs is 3. The summed E-state index contributed by atoms with van der Waals surface area (Å²) in [5, 5.41) is 3.11. The summed E-state index contributed by atoms with van der Waals surface area (Å²) >= 11 is 0. The van der Waals surface area contributed by atoms with Gasteiger partial charge in [0.15, 0.2) is 5.78 Å². The van der Waals surface area contributed by atoms with Crippen molar-refractivity contribution in [2.24, 2.45) is 0 Å². The molecule has 1 aromatic heterocycles. The highest BCUT2D eigenvalue weighted by Crippen LogP contribution is 2.38. The molecule has 0 spiro atoms. The summed E-state index contributed by atoms with van der Waals surface area (Å²) in [5.41, 5.74) is 4.23. The largest absolute Gasteiger partial charge is 0.324 e. The molecule has 5 nitrogen and oxygen atoms in total. The first-order chi connectivity index (χ1) is 10.3. The van der Waals surface area contributed by atoms with Gasteiger partial charge in [-0.25, -0.2) is 15.0 Å². The molecule has 0 saturated carbocycles. The van der Waals surface area contributed by atoms with Crippen LogP contribution in [0.3, 0.4) is 0 Å². The maximum absolute atomic E-state index is 12.3. The van der Waals surface area contributed by atoms with Crippen LogP contribution in [-0.2, 0) is 0 Å². The molecule has 21 heavy (non-hydrogen) atoms. The van der Waals surface area contributed by atoms with E-state index < -0.39 is 0 Å². The molecule has 0 atom stereocenters. The third-order valence-corrected chi connectivity index (χ3v) is 3.48. The van der Waals surface area contributed by atoms with Crippen LogP contribution in [0.4, 0.5) is 11.6 Å². The lowest BCUT2D eigenvalue weighted by atomic mass is 10.1. The first-order valence-corrected chi connectivity index (χ1v) is 6.50. The molecular formula is C16H10N4O. The van der Waals surface area contributed by atoms with Gasteiger partial charge in [0.25, 0.3) is 0 Å². The Morgan fingerprint density at radius 1 is 0.810 bits per heavy atom. The quantitative estimate of drug-likeness (QED) is 0.608. The number of ketones is 1. The Kier molecular flexibility index (Phi) is 2.50. The fraction of sp³-hybridized carbons (Fsp3) is 0. The molecule has 1 heterocycles. The SMILES string of the molecule is O=C1c2ccccc2-c2cc(Nc3ncncn3)ccc21. The summed E-state index contributed by atoms with van der Waals surface area (Å²) in [6.07, 6.45) is 2.86. The summed E-state index contributed by atoms with van der Waals surface area (Å²) in [7, 11) is 0. The number of nitrogens with one attached hydrogen (secondary N) is 1. The van der Waals surface area contributed by atoms with Crippen molar-refractivity contribution in [2.45, 2.75) is 0 Å². The van der Waals surface area contributed by atoms with E-state index >= 15 is 0 Å². The van der Waals surface area contributed by atoms with E-state index in [0.717, 1.165) is 27.9 Å². The predicted octanol–water partition coefficient (Wildman–Crippen LogP) is 2.83. The smallest absolute Gasteiger partial charge is 0.230 e. The first-order valence-electron chi connectivity index (χ1n) is 6.50. The molecule has 0 unspecified atom stereocenters. The maximum atomic E-state index is 12.3. The van der Waals surface area contributed by atoms with E-state index in [1.807, 2.05) is 42.5 Å². The molecule has 1 aliphatic rings. The number of aromatic nitrogens is 3. The average Bonchev–Trinajstić information content (AvgIpc) is 2.82. The number of carbonyl (C=O) groups excluding carboxylic acids is 1. The van der Waals surface area contributed by atoms with Crippen LogP contribution in [-0.4, -0.2) is 20.7 Å². The highest BCUT2D eigenvalue weighted by Gasteiger charge is 2.26. The van der Waals surface area contributed by atoms with Gasteiger partial charge >= 0.3 is 0 Å². The van der Waals surface area contributed by atoms with Crippen molar-refractivity contribution < 1.29 is 4.79 Å². The fourth-order valence-corrected chi connectivity index (χ4v) is 2.54. The van der Waals surface area contributed by atoms with Gasteiger partial charge in [-0.1, -0.05) is 24.3 Å². The van der Waals surface area contributed by atoms with Crippen molar-refractivity contribution in [1.82, 2.24) is 15.0 Å². The fourth-order valence-electron chi connectivity index (χ4n) is 2.54. The molecule has 0 aliphatic heterocycles. The molecule has 5 heteroatoms. The monoisotopic (exact) mass is 274 g/mol. The zero-order valence-electron chi connectivity index (χ0n) is 10.9. The lowest BCUT2D eigenvalue weighted by molar-refractivity contribution is 0.104. The molecule has 0 amide bonds. The number of hydrogen-bond donors (Lipinski definition) is 1. The number of rotatable bonds is 2. The van der Waals surface area contributed by atoms with Gasteiger partial charge in [0, 0.05) is 16.8 Å². The topological polar surface area (TPSA) is 67.8 Å². The van der Waals surface area contributed by atoms with E-state index in [9.17, 15) is 4.79 Å². The molecule has 1 aliphatic carbocycles. The molecule has 0 fully saturated rings. The Hall–Kier alpha value is -3.08. The van der Waals surface area contributed by atoms with Crippen LogP contribution in [0.1, 0.15) is 15.9 Å². The van der Waals surface area contributed by atoms with Crippen molar-refractivity contribution in [3.05, 3.63) is 66.2 Å². The van der Waals surface area contributed by atoms with Gasteiger partial charge < -0.3 is 5.32 Å². The number of benzene rings is 2. The highest BCUT2D eigenvalue weighted by atomic mass is 16.1. The van der Waals surface area contributed by atoms with Crippen molar-refractivity contribution in [3.8, 4) is 11.1 Å². The number of carbonyl (C=O) groups is 1. The third-order valence-electron chi connectivity index (χ3n) is 3.48. The molecule has 0 saturated heterocycles. The van der Waals surface area contributed by atoms with Gasteiger partial charge in [0.2, 0.25) is 5.95 Å². The van der Waals surface area contributed by atoms with Crippen molar-refractivity contribution in [3.63, 3.8) is 0 Å². The third kappa shape index (κ3) is 1.87. The highest BCUT2D eigenvalue weighted by molar-refractivity contribution is 6.21. The molecule has 2 aromatic carbocycles. The molecule has 1 N–H and O–H groups in total. The normalized spacial score (nSPS) is 11.9. The summed E-state index contributed by atoms with van der Waals surface area (Å²) in [4.78, 5) is 24.1. The van der Waals surface area contributed by atoms with Crippen LogP contribution >= 0.6 is 0 Å². The Morgan fingerprint density at radius 3 is 2.33 bits per heavy atom. The zero-order chi connectivity index (χ0) is 14.2. The van der Waals surface area contributed by atoms with E-state index in [2.05, 4.69) is 20.3 Å². The van der Waals surface area contributed by atoms with E-state index in [1.54, 1.807) is 0 Å². The minimum absolute atomic E-state index is 0.0762. The first kappa shape index (κ1) is 11.7. The summed E-state index contributed by atoms with van der Waals surface area (Å²) in [5.74, 6) is 0.551. The molecule has 100 valence electrons. The van der Waals surface area contributed by atoms with Crippen LogP contribution in [0.2, 0.25) is 0 Å². The van der Waals surface area contributed by atoms with E-state index in [4.69, 9.17) is 0 Å². The molecule has 3 aromatic rings. The number of hydrogen-bond acceptors (Lipinski definition) is 5. The Morgan fingerprint density at radius 2 is 1.52 bits per heavy atom. The summed E-state index contributed by atoms with van der Waals surface area (Å²) in [6, 6.07) is 13.3. The molecular weight excluding hydrogens is 264 g/mol. The van der Waals surface area contributed by atoms with E-state index in [-0.39, 0.29) is 5.78 Å². The second-order valence-corrected chi connectivity index (χ2v) is 4.72. The second kappa shape index (κ2) is 4.49. The van der Waals surface area contributed by atoms with Crippen LogP contribution in [0.5, 0.6) is 0 Å². The summed E-state index contributed by atoms with van der Waals surface area (Å²) < 4.78 is 0. The molecule has 0 radical (unpaired) electrons. The Labute approximate surface area is 120 Å². The second-order valence-electron chi connectivity index (χ2n) is 4.72. The van der Waals surface area contributed by atoms with Gasteiger partial charge in [-0.05, 0) is 29.3 Å². The van der Waals surface area contributed by atoms with Gasteiger partial charge in [0.05, 0.1) is 0 Å². The van der Waals surface area contributed by atoms with Crippen LogP contribution < -0.4 is 5.32 Å². The van der Waals surface area contributed by atoms with Gasteiger partial charge in [0.1, 0.15) is 12.7 Å². The number of nitrogens with zero attached hydrogens (tertiary/aromatic N) is 3. The number of anilines is 2. The molecule has 4 rings (SSSR count). The predicted molar refractivity (Wildman–Crippen MR) is 78.4 cm³/mol. The minimum Gasteiger partial charge on any atom is -0.324 e. The van der Waals surface area contributed by atoms with Crippen LogP contribution in [0, 0.1) is 0 Å². The van der Waals surface area contributed by atoms with E-state index in [1.165, 1.54) is 12.7 Å². The van der Waals surface area contributed by atoms with Crippen LogP contribution in [0.25, 0.3) is 11.1 Å². The minimum atomic E-state index is 0.0762. The van der Waals surface area contributed by atoms with Gasteiger partial charge in [-0.2, -0.15) is 0 Å². The van der Waals surface area contributed by atoms with Crippen LogP contribution in [0.15, 0.2) is 55.1 Å². The Balaban J connectivity index is 1.78.